The molecular formula is C13H12ClN3O2. The summed E-state index contributed by atoms with van der Waals surface area (Å²) in [5, 5.41) is 9.84. The number of hydrogen-bond donors (Lipinski definition) is 1. The van der Waals surface area contributed by atoms with E-state index in [4.69, 9.17) is 11.6 Å². The number of phenolic OH excluding ortho intramolecular Hbond substituents is 1. The summed E-state index contributed by atoms with van der Waals surface area (Å²) in [6, 6.07) is 6.85. The summed E-state index contributed by atoms with van der Waals surface area (Å²) in [6.45, 7) is 0.277. The molecule has 98 valence electrons. The maximum atomic E-state index is 12.1. The van der Waals surface area contributed by atoms with Gasteiger partial charge in [-0.3, -0.25) is 9.78 Å². The van der Waals surface area contributed by atoms with E-state index in [1.165, 1.54) is 17.3 Å². The molecule has 0 aliphatic rings. The van der Waals surface area contributed by atoms with E-state index in [0.29, 0.717) is 5.56 Å². The Hall–Kier alpha value is -2.14. The monoisotopic (exact) mass is 277 g/mol. The summed E-state index contributed by atoms with van der Waals surface area (Å²) in [5.74, 6) is -0.155. The summed E-state index contributed by atoms with van der Waals surface area (Å²) < 4.78 is 0. The SMILES string of the molecule is CN(Cc1ccccc1O)C(=O)c1cncc(Cl)n1. The van der Waals surface area contributed by atoms with Crippen LogP contribution in [-0.4, -0.2) is 32.9 Å². The van der Waals surface area contributed by atoms with Gasteiger partial charge >= 0.3 is 0 Å². The van der Waals surface area contributed by atoms with Crippen LogP contribution in [0.25, 0.3) is 0 Å². The minimum Gasteiger partial charge on any atom is -0.508 e. The van der Waals surface area contributed by atoms with E-state index in [2.05, 4.69) is 9.97 Å². The van der Waals surface area contributed by atoms with Crippen LogP contribution in [-0.2, 0) is 6.54 Å². The zero-order valence-electron chi connectivity index (χ0n) is 10.2. The maximum absolute atomic E-state index is 12.1. The molecule has 19 heavy (non-hydrogen) atoms. The van der Waals surface area contributed by atoms with Crippen LogP contribution in [0.2, 0.25) is 5.15 Å². The average molecular weight is 278 g/mol. The molecule has 1 amide bonds. The van der Waals surface area contributed by atoms with Crippen molar-refractivity contribution in [1.82, 2.24) is 14.9 Å². The van der Waals surface area contributed by atoms with Crippen LogP contribution in [0.3, 0.4) is 0 Å². The number of aromatic nitrogens is 2. The van der Waals surface area contributed by atoms with Gasteiger partial charge in [0.15, 0.2) is 0 Å². The first-order chi connectivity index (χ1) is 9.08. The fraction of sp³-hybridized carbons (Fsp3) is 0.154. The molecule has 0 bridgehead atoms. The predicted octanol–water partition coefficient (Wildman–Crippen LogP) is 2.11. The summed E-state index contributed by atoms with van der Waals surface area (Å²) in [7, 11) is 1.62. The number of nitrogens with zero attached hydrogens (tertiary/aromatic N) is 3. The largest absolute Gasteiger partial charge is 0.508 e. The number of amides is 1. The molecule has 0 atom stereocenters. The summed E-state index contributed by atoms with van der Waals surface area (Å²) >= 11 is 5.69. The summed E-state index contributed by atoms with van der Waals surface area (Å²) in [5.41, 5.74) is 0.832. The van der Waals surface area contributed by atoms with Crippen LogP contribution in [0, 0.1) is 0 Å². The Bertz CT molecular complexity index is 604. The zero-order chi connectivity index (χ0) is 13.8. The van der Waals surface area contributed by atoms with Gasteiger partial charge in [0.25, 0.3) is 5.91 Å². The van der Waals surface area contributed by atoms with Crippen molar-refractivity contribution in [1.29, 1.82) is 0 Å². The Morgan fingerprint density at radius 2 is 2.11 bits per heavy atom. The van der Waals surface area contributed by atoms with E-state index in [9.17, 15) is 9.90 Å². The molecular weight excluding hydrogens is 266 g/mol. The van der Waals surface area contributed by atoms with Gasteiger partial charge < -0.3 is 10.0 Å². The van der Waals surface area contributed by atoms with Crippen molar-refractivity contribution >= 4 is 17.5 Å². The molecule has 5 nitrogen and oxygen atoms in total. The first-order valence-electron chi connectivity index (χ1n) is 5.58. The number of phenols is 1. The standard InChI is InChI=1S/C13H12ClN3O2/c1-17(8-9-4-2-3-5-11(9)18)13(19)10-6-15-7-12(14)16-10/h2-7,18H,8H2,1H3. The molecule has 0 radical (unpaired) electrons. The molecule has 6 heteroatoms. The van der Waals surface area contributed by atoms with Crippen molar-refractivity contribution in [3.63, 3.8) is 0 Å². The quantitative estimate of drug-likeness (QED) is 0.933. The normalized spacial score (nSPS) is 10.2. The molecule has 0 unspecified atom stereocenters. The highest BCUT2D eigenvalue weighted by Crippen LogP contribution is 2.18. The molecule has 0 fully saturated rings. The van der Waals surface area contributed by atoms with Crippen molar-refractivity contribution in [3.05, 3.63) is 53.1 Å². The minimum atomic E-state index is -0.307. The third-order valence-corrected chi connectivity index (χ3v) is 2.75. The van der Waals surface area contributed by atoms with Crippen LogP contribution in [0.15, 0.2) is 36.7 Å². The molecule has 1 aromatic carbocycles. The van der Waals surface area contributed by atoms with Crippen molar-refractivity contribution in [2.75, 3.05) is 7.05 Å². The first kappa shape index (κ1) is 13.3. The van der Waals surface area contributed by atoms with Gasteiger partial charge in [-0.25, -0.2) is 4.98 Å². The van der Waals surface area contributed by atoms with Gasteiger partial charge in [0.05, 0.1) is 12.4 Å². The van der Waals surface area contributed by atoms with E-state index >= 15 is 0 Å². The molecule has 1 heterocycles. The second kappa shape index (κ2) is 5.67. The van der Waals surface area contributed by atoms with Crippen LogP contribution in [0.1, 0.15) is 16.1 Å². The molecule has 0 aliphatic heterocycles. The van der Waals surface area contributed by atoms with Gasteiger partial charge in [-0.2, -0.15) is 0 Å². The van der Waals surface area contributed by atoms with Gasteiger partial charge in [0, 0.05) is 19.2 Å². The predicted molar refractivity (Wildman–Crippen MR) is 70.9 cm³/mol. The molecule has 1 aromatic heterocycles. The van der Waals surface area contributed by atoms with Crippen LogP contribution >= 0.6 is 11.6 Å². The molecule has 1 N–H and O–H groups in total. The lowest BCUT2D eigenvalue weighted by atomic mass is 10.2. The van der Waals surface area contributed by atoms with Gasteiger partial charge in [-0.15, -0.1) is 0 Å². The highest BCUT2D eigenvalue weighted by Gasteiger charge is 2.15. The lowest BCUT2D eigenvalue weighted by Crippen LogP contribution is -2.27. The highest BCUT2D eigenvalue weighted by molar-refractivity contribution is 6.29. The third kappa shape index (κ3) is 3.20. The van der Waals surface area contributed by atoms with Gasteiger partial charge in [0.2, 0.25) is 0 Å². The summed E-state index contributed by atoms with van der Waals surface area (Å²) in [6.07, 6.45) is 2.72. The molecule has 0 aliphatic carbocycles. The van der Waals surface area contributed by atoms with Crippen LogP contribution in [0.5, 0.6) is 5.75 Å². The first-order valence-corrected chi connectivity index (χ1v) is 5.95. The number of hydrogen-bond acceptors (Lipinski definition) is 4. The number of para-hydroxylation sites is 1. The number of aromatic hydroxyl groups is 1. The second-order valence-electron chi connectivity index (χ2n) is 4.02. The lowest BCUT2D eigenvalue weighted by Gasteiger charge is -2.17. The van der Waals surface area contributed by atoms with Gasteiger partial charge in [0.1, 0.15) is 16.6 Å². The van der Waals surface area contributed by atoms with Gasteiger partial charge in [-0.1, -0.05) is 29.8 Å². The number of carbonyl (C=O) groups is 1. The molecule has 2 aromatic rings. The number of benzene rings is 1. The zero-order valence-corrected chi connectivity index (χ0v) is 11.0. The van der Waals surface area contributed by atoms with Gasteiger partial charge in [-0.05, 0) is 6.07 Å². The number of rotatable bonds is 3. The van der Waals surface area contributed by atoms with E-state index < -0.39 is 0 Å². The molecule has 0 spiro atoms. The number of carbonyl (C=O) groups excluding carboxylic acids is 1. The second-order valence-corrected chi connectivity index (χ2v) is 4.40. The minimum absolute atomic E-state index is 0.152. The molecule has 0 saturated heterocycles. The van der Waals surface area contributed by atoms with Crippen LogP contribution < -0.4 is 0 Å². The Morgan fingerprint density at radius 3 is 2.79 bits per heavy atom. The Balaban J connectivity index is 2.14. The Labute approximate surface area is 115 Å². The van der Waals surface area contributed by atoms with E-state index in [1.807, 2.05) is 0 Å². The fourth-order valence-corrected chi connectivity index (χ4v) is 1.76. The van der Waals surface area contributed by atoms with Crippen molar-refractivity contribution in [2.24, 2.45) is 0 Å². The van der Waals surface area contributed by atoms with E-state index in [1.54, 1.807) is 31.3 Å². The Morgan fingerprint density at radius 1 is 1.37 bits per heavy atom. The average Bonchev–Trinajstić information content (AvgIpc) is 2.40. The summed E-state index contributed by atoms with van der Waals surface area (Å²) in [4.78, 5) is 21.3. The van der Waals surface area contributed by atoms with E-state index in [-0.39, 0.29) is 29.0 Å². The topological polar surface area (TPSA) is 66.3 Å². The van der Waals surface area contributed by atoms with Crippen LogP contribution in [0.4, 0.5) is 0 Å². The van der Waals surface area contributed by atoms with Crippen molar-refractivity contribution in [2.45, 2.75) is 6.54 Å². The molecule has 0 saturated carbocycles. The van der Waals surface area contributed by atoms with Crippen molar-refractivity contribution in [3.8, 4) is 5.75 Å². The maximum Gasteiger partial charge on any atom is 0.274 e. The Kier molecular flexibility index (Phi) is 3.97. The fourth-order valence-electron chi connectivity index (χ4n) is 1.61. The highest BCUT2D eigenvalue weighted by atomic mass is 35.5. The molecule has 2 rings (SSSR count). The third-order valence-electron chi connectivity index (χ3n) is 2.57. The lowest BCUT2D eigenvalue weighted by molar-refractivity contribution is 0.0778. The van der Waals surface area contributed by atoms with E-state index in [0.717, 1.165) is 0 Å². The number of halogens is 1. The van der Waals surface area contributed by atoms with Crippen molar-refractivity contribution < 1.29 is 9.90 Å². The smallest absolute Gasteiger partial charge is 0.274 e.